The Morgan fingerprint density at radius 3 is 2.82 bits per heavy atom. The van der Waals surface area contributed by atoms with E-state index in [0.717, 1.165) is 12.0 Å². The van der Waals surface area contributed by atoms with E-state index < -0.39 is 10.8 Å². The van der Waals surface area contributed by atoms with Crippen molar-refractivity contribution >= 4 is 22.4 Å². The van der Waals surface area contributed by atoms with Crippen LogP contribution >= 0.6 is 11.6 Å². The lowest BCUT2D eigenvalue weighted by atomic mass is 10.2. The Morgan fingerprint density at radius 2 is 2.29 bits per heavy atom. The maximum atomic E-state index is 11.8. The van der Waals surface area contributed by atoms with Crippen LogP contribution in [-0.4, -0.2) is 16.0 Å². The Morgan fingerprint density at radius 1 is 1.59 bits per heavy atom. The van der Waals surface area contributed by atoms with Crippen LogP contribution in [0.25, 0.3) is 0 Å². The van der Waals surface area contributed by atoms with Gasteiger partial charge in [-0.1, -0.05) is 24.6 Å². The average molecular weight is 271 g/mol. The van der Waals surface area contributed by atoms with Crippen molar-refractivity contribution in [2.24, 2.45) is 5.73 Å². The molecule has 0 spiro atoms. The Hall–Kier alpha value is -0.890. The summed E-state index contributed by atoms with van der Waals surface area (Å²) >= 11 is 6.01. The van der Waals surface area contributed by atoms with E-state index in [9.17, 15) is 4.21 Å². The van der Waals surface area contributed by atoms with E-state index >= 15 is 0 Å². The normalized spacial score (nSPS) is 14.0. The van der Waals surface area contributed by atoms with Crippen molar-refractivity contribution in [1.29, 1.82) is 5.26 Å². The van der Waals surface area contributed by atoms with Crippen LogP contribution in [0.1, 0.15) is 24.5 Å². The number of nitrogens with two attached hydrogens (primary N) is 1. The zero-order valence-corrected chi connectivity index (χ0v) is 11.2. The molecule has 17 heavy (non-hydrogen) atoms. The predicted octanol–water partition coefficient (Wildman–Crippen LogP) is 2.20. The number of benzene rings is 1. The summed E-state index contributed by atoms with van der Waals surface area (Å²) in [6.45, 7) is 1.97. The fourth-order valence-corrected chi connectivity index (χ4v) is 3.08. The summed E-state index contributed by atoms with van der Waals surface area (Å²) in [5, 5.41) is 9.19. The molecule has 0 heterocycles. The van der Waals surface area contributed by atoms with Crippen LogP contribution in [0.4, 0.5) is 0 Å². The minimum Gasteiger partial charge on any atom is -0.327 e. The van der Waals surface area contributed by atoms with Crippen molar-refractivity contribution in [3.05, 3.63) is 34.3 Å². The van der Waals surface area contributed by atoms with Gasteiger partial charge in [-0.3, -0.25) is 4.21 Å². The molecule has 0 bridgehead atoms. The van der Waals surface area contributed by atoms with Gasteiger partial charge in [0.05, 0.1) is 17.4 Å². The van der Waals surface area contributed by atoms with Gasteiger partial charge in [-0.15, -0.1) is 0 Å². The third-order valence-electron chi connectivity index (χ3n) is 2.42. The smallest absolute Gasteiger partial charge is 0.0992 e. The summed E-state index contributed by atoms with van der Waals surface area (Å²) in [4.78, 5) is 0. The van der Waals surface area contributed by atoms with Gasteiger partial charge in [0, 0.05) is 27.6 Å². The summed E-state index contributed by atoms with van der Waals surface area (Å²) in [7, 11) is -1.01. The van der Waals surface area contributed by atoms with E-state index in [0.29, 0.717) is 22.1 Å². The number of nitrogens with zero attached hydrogens (tertiary/aromatic N) is 1. The number of nitriles is 1. The summed E-state index contributed by atoms with van der Waals surface area (Å²) in [6.07, 6.45) is 0.812. The molecule has 0 aliphatic heterocycles. The van der Waals surface area contributed by atoms with Gasteiger partial charge in [0.1, 0.15) is 0 Å². The van der Waals surface area contributed by atoms with E-state index in [1.54, 1.807) is 18.2 Å². The second-order valence-corrected chi connectivity index (χ2v) is 5.75. The van der Waals surface area contributed by atoms with Crippen LogP contribution < -0.4 is 5.73 Å². The topological polar surface area (TPSA) is 66.9 Å². The molecule has 0 fully saturated rings. The van der Waals surface area contributed by atoms with Crippen LogP contribution in [0, 0.1) is 11.3 Å². The zero-order valence-electron chi connectivity index (χ0n) is 9.65. The molecular formula is C12H15ClN2OS. The van der Waals surface area contributed by atoms with Gasteiger partial charge >= 0.3 is 0 Å². The molecule has 2 atom stereocenters. The minimum absolute atomic E-state index is 0.0343. The second-order valence-electron chi connectivity index (χ2n) is 3.84. The second kappa shape index (κ2) is 6.75. The number of rotatable bonds is 5. The number of hydrogen-bond acceptors (Lipinski definition) is 3. The van der Waals surface area contributed by atoms with Crippen molar-refractivity contribution in [2.75, 3.05) is 5.75 Å². The van der Waals surface area contributed by atoms with E-state index in [1.165, 1.54) is 0 Å². The summed E-state index contributed by atoms with van der Waals surface area (Å²) in [5.74, 6) is 0.866. The van der Waals surface area contributed by atoms with Gasteiger partial charge in [0.2, 0.25) is 0 Å². The van der Waals surface area contributed by atoms with Crippen LogP contribution in [0.15, 0.2) is 18.2 Å². The highest BCUT2D eigenvalue weighted by Crippen LogP contribution is 2.19. The summed E-state index contributed by atoms with van der Waals surface area (Å²) < 4.78 is 11.8. The highest BCUT2D eigenvalue weighted by molar-refractivity contribution is 7.84. The molecule has 0 radical (unpaired) electrons. The van der Waals surface area contributed by atoms with Gasteiger partial charge < -0.3 is 5.73 Å². The molecule has 0 aliphatic rings. The maximum Gasteiger partial charge on any atom is 0.0992 e. The molecule has 1 rings (SSSR count). The first-order valence-electron chi connectivity index (χ1n) is 5.36. The van der Waals surface area contributed by atoms with Gasteiger partial charge in [-0.2, -0.15) is 5.26 Å². The van der Waals surface area contributed by atoms with Gasteiger partial charge in [-0.25, -0.2) is 0 Å². The standard InChI is InChI=1S/C12H15ClN2OS/c1-2-11(15)8-17(16)7-10-4-3-9(6-14)5-12(10)13/h3-5,11H,2,7-8,15H2,1H3. The lowest BCUT2D eigenvalue weighted by Gasteiger charge is -2.09. The van der Waals surface area contributed by atoms with Crippen molar-refractivity contribution in [3.63, 3.8) is 0 Å². The SMILES string of the molecule is CCC(N)CS(=O)Cc1ccc(C#N)cc1Cl. The molecule has 5 heteroatoms. The van der Waals surface area contributed by atoms with Crippen LogP contribution in [0.3, 0.4) is 0 Å². The number of halogens is 1. The lowest BCUT2D eigenvalue weighted by molar-refractivity contribution is 0.663. The Bertz CT molecular complexity index is 456. The van der Waals surface area contributed by atoms with E-state index in [-0.39, 0.29) is 6.04 Å². The third-order valence-corrected chi connectivity index (χ3v) is 4.21. The molecule has 1 aromatic rings. The molecule has 92 valence electrons. The van der Waals surface area contributed by atoms with Crippen molar-refractivity contribution < 1.29 is 4.21 Å². The van der Waals surface area contributed by atoms with Gasteiger partial charge in [0.15, 0.2) is 0 Å². The summed E-state index contributed by atoms with van der Waals surface area (Å²) in [5.41, 5.74) is 7.05. The Kier molecular flexibility index (Phi) is 5.63. The quantitative estimate of drug-likeness (QED) is 0.892. The molecule has 0 saturated carbocycles. The van der Waals surface area contributed by atoms with Gasteiger partial charge in [0.25, 0.3) is 0 Å². The average Bonchev–Trinajstić information content (AvgIpc) is 2.31. The lowest BCUT2D eigenvalue weighted by Crippen LogP contribution is -2.26. The molecule has 0 aromatic heterocycles. The molecule has 2 N–H and O–H groups in total. The highest BCUT2D eigenvalue weighted by Gasteiger charge is 2.09. The predicted molar refractivity (Wildman–Crippen MR) is 71.1 cm³/mol. The first-order valence-corrected chi connectivity index (χ1v) is 7.22. The van der Waals surface area contributed by atoms with Gasteiger partial charge in [-0.05, 0) is 24.1 Å². The monoisotopic (exact) mass is 270 g/mol. The third kappa shape index (κ3) is 4.47. The Balaban J connectivity index is 2.69. The van der Waals surface area contributed by atoms with E-state index in [4.69, 9.17) is 22.6 Å². The van der Waals surface area contributed by atoms with Crippen LogP contribution in [0.2, 0.25) is 5.02 Å². The molecule has 3 nitrogen and oxygen atoms in total. The van der Waals surface area contributed by atoms with E-state index in [1.807, 2.05) is 13.0 Å². The summed E-state index contributed by atoms with van der Waals surface area (Å²) in [6, 6.07) is 6.99. The largest absolute Gasteiger partial charge is 0.327 e. The van der Waals surface area contributed by atoms with Crippen molar-refractivity contribution in [2.45, 2.75) is 25.1 Å². The molecular weight excluding hydrogens is 256 g/mol. The Labute approximate surface area is 109 Å². The fraction of sp³-hybridized carbons (Fsp3) is 0.417. The minimum atomic E-state index is -1.01. The van der Waals surface area contributed by atoms with Crippen LogP contribution in [0.5, 0.6) is 0 Å². The first-order chi connectivity index (χ1) is 8.06. The fourth-order valence-electron chi connectivity index (χ4n) is 1.32. The molecule has 0 aliphatic carbocycles. The molecule has 2 unspecified atom stereocenters. The molecule has 0 saturated heterocycles. The zero-order chi connectivity index (χ0) is 12.8. The van der Waals surface area contributed by atoms with E-state index in [2.05, 4.69) is 0 Å². The molecule has 1 aromatic carbocycles. The van der Waals surface area contributed by atoms with Crippen LogP contribution in [-0.2, 0) is 16.6 Å². The first kappa shape index (κ1) is 14.2. The highest BCUT2D eigenvalue weighted by atomic mass is 35.5. The number of hydrogen-bond donors (Lipinski definition) is 1. The molecule has 0 amide bonds. The van der Waals surface area contributed by atoms with Crippen molar-refractivity contribution in [1.82, 2.24) is 0 Å². The van der Waals surface area contributed by atoms with Crippen molar-refractivity contribution in [3.8, 4) is 6.07 Å². The maximum absolute atomic E-state index is 11.8.